The molecular weight excluding hydrogens is 502 g/mol. The summed E-state index contributed by atoms with van der Waals surface area (Å²) in [6.45, 7) is 2.70. The number of fused-ring (bicyclic) bond motifs is 1. The number of thiazole rings is 1. The Hall–Kier alpha value is -3.08. The van der Waals surface area contributed by atoms with Crippen LogP contribution in [0.5, 0.6) is 0 Å². The van der Waals surface area contributed by atoms with E-state index in [9.17, 15) is 14.4 Å². The SMILES string of the molecule is CCOC(=O)CC(=O)CSc1nc2c(sc(=S)n2Cc2ccccc2)c(=O)n1Cc1ccccc1. The van der Waals surface area contributed by atoms with Gasteiger partial charge in [0.1, 0.15) is 11.1 Å². The van der Waals surface area contributed by atoms with Crippen LogP contribution in [0.2, 0.25) is 0 Å². The number of hydrogen-bond donors (Lipinski definition) is 0. The molecule has 7 nitrogen and oxygen atoms in total. The quantitative estimate of drug-likeness (QED) is 0.0976. The van der Waals surface area contributed by atoms with Crippen molar-refractivity contribution in [1.29, 1.82) is 0 Å². The molecule has 4 aromatic rings. The average Bonchev–Trinajstić information content (AvgIpc) is 3.16. The summed E-state index contributed by atoms with van der Waals surface area (Å²) >= 11 is 7.97. The third kappa shape index (κ3) is 6.14. The minimum Gasteiger partial charge on any atom is -0.466 e. The summed E-state index contributed by atoms with van der Waals surface area (Å²) < 4.78 is 9.32. The number of carbonyl (C=O) groups excluding carboxylic acids is 2. The van der Waals surface area contributed by atoms with Gasteiger partial charge in [0, 0.05) is 0 Å². The van der Waals surface area contributed by atoms with Crippen molar-refractivity contribution in [1.82, 2.24) is 14.1 Å². The molecule has 0 atom stereocenters. The maximum absolute atomic E-state index is 13.6. The van der Waals surface area contributed by atoms with E-state index in [1.54, 1.807) is 11.5 Å². The molecule has 0 amide bonds. The number of nitrogens with zero attached hydrogens (tertiary/aromatic N) is 3. The Morgan fingerprint density at radius 2 is 1.60 bits per heavy atom. The first-order valence-corrected chi connectivity index (χ1v) is 13.2. The molecule has 2 heterocycles. The Bertz CT molecular complexity index is 1460. The van der Waals surface area contributed by atoms with Crippen LogP contribution >= 0.6 is 35.3 Å². The standard InChI is InChI=1S/C25H23N3O4S3/c1-2-32-20(30)13-19(29)16-34-24-26-22-21(23(31)28(24)15-18-11-7-4-8-12-18)35-25(33)27(22)14-17-9-5-3-6-10-17/h3-12H,2,13-16H2,1H3. The zero-order valence-corrected chi connectivity index (χ0v) is 21.5. The van der Waals surface area contributed by atoms with Crippen LogP contribution in [0.1, 0.15) is 24.5 Å². The molecule has 0 saturated carbocycles. The molecule has 0 saturated heterocycles. The predicted molar refractivity (Wildman–Crippen MR) is 141 cm³/mol. The molecule has 10 heteroatoms. The first kappa shape index (κ1) is 25.0. The van der Waals surface area contributed by atoms with E-state index in [1.165, 1.54) is 11.3 Å². The number of rotatable bonds is 10. The van der Waals surface area contributed by atoms with Crippen LogP contribution in [0.15, 0.2) is 70.6 Å². The number of hydrogen-bond acceptors (Lipinski definition) is 8. The summed E-state index contributed by atoms with van der Waals surface area (Å²) in [6, 6.07) is 19.4. The van der Waals surface area contributed by atoms with Crippen LogP contribution < -0.4 is 5.56 Å². The van der Waals surface area contributed by atoms with Crippen molar-refractivity contribution in [3.8, 4) is 0 Å². The highest BCUT2D eigenvalue weighted by molar-refractivity contribution is 7.99. The molecule has 0 N–H and O–H groups in total. The van der Waals surface area contributed by atoms with Crippen LogP contribution in [-0.2, 0) is 27.4 Å². The molecule has 35 heavy (non-hydrogen) atoms. The highest BCUT2D eigenvalue weighted by atomic mass is 32.2. The first-order chi connectivity index (χ1) is 17.0. The largest absolute Gasteiger partial charge is 0.466 e. The van der Waals surface area contributed by atoms with Gasteiger partial charge in [0.25, 0.3) is 5.56 Å². The van der Waals surface area contributed by atoms with Crippen molar-refractivity contribution in [3.05, 3.63) is 86.1 Å². The van der Waals surface area contributed by atoms with E-state index < -0.39 is 5.97 Å². The zero-order chi connectivity index (χ0) is 24.8. The van der Waals surface area contributed by atoms with Crippen LogP contribution in [0.25, 0.3) is 10.3 Å². The lowest BCUT2D eigenvalue weighted by molar-refractivity contribution is -0.145. The zero-order valence-electron chi connectivity index (χ0n) is 19.0. The Morgan fingerprint density at radius 1 is 1.00 bits per heavy atom. The highest BCUT2D eigenvalue weighted by Crippen LogP contribution is 2.24. The fourth-order valence-electron chi connectivity index (χ4n) is 3.50. The van der Waals surface area contributed by atoms with E-state index in [0.717, 1.165) is 22.9 Å². The number of esters is 1. The monoisotopic (exact) mass is 525 g/mol. The van der Waals surface area contributed by atoms with E-state index >= 15 is 0 Å². The number of benzene rings is 2. The number of thioether (sulfide) groups is 1. The molecule has 2 aromatic carbocycles. The second-order valence-corrected chi connectivity index (χ2v) is 10.3. The molecule has 0 fully saturated rings. The van der Waals surface area contributed by atoms with Gasteiger partial charge in [-0.25, -0.2) is 4.98 Å². The van der Waals surface area contributed by atoms with Gasteiger partial charge in [-0.3, -0.25) is 19.0 Å². The smallest absolute Gasteiger partial charge is 0.313 e. The second-order valence-electron chi connectivity index (χ2n) is 7.67. The third-order valence-corrected chi connectivity index (χ3v) is 7.58. The topological polar surface area (TPSA) is 83.2 Å². The lowest BCUT2D eigenvalue weighted by atomic mass is 10.2. The van der Waals surface area contributed by atoms with Crippen LogP contribution in [0.4, 0.5) is 0 Å². The molecule has 0 aliphatic carbocycles. The summed E-state index contributed by atoms with van der Waals surface area (Å²) in [5.41, 5.74) is 2.26. The van der Waals surface area contributed by atoms with E-state index in [-0.39, 0.29) is 30.1 Å². The molecule has 0 spiro atoms. The molecule has 0 aliphatic rings. The molecule has 0 unspecified atom stereocenters. The minimum atomic E-state index is -0.558. The summed E-state index contributed by atoms with van der Waals surface area (Å²) in [5.74, 6) is -0.854. The van der Waals surface area contributed by atoms with Crippen molar-refractivity contribution < 1.29 is 14.3 Å². The maximum atomic E-state index is 13.6. The Kier molecular flexibility index (Phi) is 8.27. The molecule has 4 rings (SSSR count). The highest BCUT2D eigenvalue weighted by Gasteiger charge is 2.19. The second kappa shape index (κ2) is 11.6. The lowest BCUT2D eigenvalue weighted by Crippen LogP contribution is -2.24. The Balaban J connectivity index is 1.73. The van der Waals surface area contributed by atoms with E-state index in [2.05, 4.69) is 0 Å². The van der Waals surface area contributed by atoms with Crippen molar-refractivity contribution in [2.75, 3.05) is 12.4 Å². The summed E-state index contributed by atoms with van der Waals surface area (Å²) in [5, 5.41) is 0.401. The number of aromatic nitrogens is 3. The lowest BCUT2D eigenvalue weighted by Gasteiger charge is -2.13. The van der Waals surface area contributed by atoms with Crippen LogP contribution in [0.3, 0.4) is 0 Å². The summed E-state index contributed by atoms with van der Waals surface area (Å²) in [7, 11) is 0. The van der Waals surface area contributed by atoms with Crippen molar-refractivity contribution in [3.63, 3.8) is 0 Å². The molecule has 180 valence electrons. The average molecular weight is 526 g/mol. The van der Waals surface area contributed by atoms with Crippen molar-refractivity contribution in [2.45, 2.75) is 31.6 Å². The van der Waals surface area contributed by atoms with Crippen molar-refractivity contribution in [2.24, 2.45) is 0 Å². The van der Waals surface area contributed by atoms with Gasteiger partial charge < -0.3 is 9.30 Å². The molecule has 2 aromatic heterocycles. The van der Waals surface area contributed by atoms with Crippen LogP contribution in [0, 0.1) is 3.95 Å². The van der Waals surface area contributed by atoms with E-state index in [1.807, 2.05) is 65.2 Å². The number of ketones is 1. The van der Waals surface area contributed by atoms with Crippen LogP contribution in [-0.4, -0.2) is 38.2 Å². The van der Waals surface area contributed by atoms with Gasteiger partial charge in [-0.2, -0.15) is 0 Å². The predicted octanol–water partition coefficient (Wildman–Crippen LogP) is 4.70. The van der Waals surface area contributed by atoms with Crippen molar-refractivity contribution >= 4 is 57.4 Å². The fraction of sp³-hybridized carbons (Fsp3) is 0.240. The summed E-state index contributed by atoms with van der Waals surface area (Å²) in [4.78, 5) is 42.4. The maximum Gasteiger partial charge on any atom is 0.313 e. The van der Waals surface area contributed by atoms with Gasteiger partial charge in [-0.1, -0.05) is 83.8 Å². The van der Waals surface area contributed by atoms with Gasteiger partial charge >= 0.3 is 5.97 Å². The summed E-state index contributed by atoms with van der Waals surface area (Å²) in [6.07, 6.45) is -0.311. The Morgan fingerprint density at radius 3 is 2.20 bits per heavy atom. The number of ether oxygens (including phenoxy) is 1. The molecular formula is C25H23N3O4S3. The minimum absolute atomic E-state index is 0.00486. The number of carbonyl (C=O) groups is 2. The molecule has 0 bridgehead atoms. The van der Waals surface area contributed by atoms with Gasteiger partial charge in [-0.05, 0) is 30.3 Å². The normalized spacial score (nSPS) is 11.0. The molecule has 0 aliphatic heterocycles. The number of Topliss-reactive ketones (excluding diaryl/α,β-unsaturated/α-hetero) is 1. The van der Waals surface area contributed by atoms with E-state index in [0.29, 0.717) is 32.5 Å². The van der Waals surface area contributed by atoms with Gasteiger partial charge in [0.05, 0.1) is 25.4 Å². The van der Waals surface area contributed by atoms with Gasteiger partial charge in [0.15, 0.2) is 20.5 Å². The van der Waals surface area contributed by atoms with E-state index in [4.69, 9.17) is 21.9 Å². The third-order valence-electron chi connectivity index (χ3n) is 5.12. The van der Waals surface area contributed by atoms with Gasteiger partial charge in [0.2, 0.25) is 0 Å². The van der Waals surface area contributed by atoms with Gasteiger partial charge in [-0.15, -0.1) is 0 Å². The fourth-order valence-corrected chi connectivity index (χ4v) is 5.63. The molecule has 0 radical (unpaired) electrons. The first-order valence-electron chi connectivity index (χ1n) is 11.0. The Labute approximate surface area is 215 Å².